The number of amides is 1. The van der Waals surface area contributed by atoms with Crippen LogP contribution in [0.1, 0.15) is 19.8 Å². The van der Waals surface area contributed by atoms with E-state index >= 15 is 0 Å². The van der Waals surface area contributed by atoms with E-state index in [1.165, 1.54) is 4.68 Å². The third kappa shape index (κ3) is 6.10. The number of aromatic nitrogens is 4. The summed E-state index contributed by atoms with van der Waals surface area (Å²) in [6, 6.07) is 16.6. The number of rotatable bonds is 12. The van der Waals surface area contributed by atoms with Crippen molar-refractivity contribution in [3.05, 3.63) is 60.8 Å². The van der Waals surface area contributed by atoms with Crippen LogP contribution in [0.5, 0.6) is 11.5 Å². The van der Waals surface area contributed by atoms with Crippen molar-refractivity contribution in [2.45, 2.75) is 19.8 Å². The molecule has 11 nitrogen and oxygen atoms in total. The molecule has 0 saturated carbocycles. The highest BCUT2D eigenvalue weighted by Gasteiger charge is 2.16. The fourth-order valence-electron chi connectivity index (χ4n) is 4.41. The second-order valence-electron chi connectivity index (χ2n) is 9.23. The molecular formula is C30H30N6O5. The van der Waals surface area contributed by atoms with Crippen LogP contribution in [0.15, 0.2) is 60.8 Å². The van der Waals surface area contributed by atoms with Crippen LogP contribution in [0.3, 0.4) is 0 Å². The molecule has 0 fully saturated rings. The van der Waals surface area contributed by atoms with Gasteiger partial charge in [0.05, 0.1) is 30.9 Å². The van der Waals surface area contributed by atoms with Crippen LogP contribution in [0.2, 0.25) is 0 Å². The second kappa shape index (κ2) is 12.4. The topological polar surface area (TPSA) is 129 Å². The number of hydrogen-bond acceptors (Lipinski definition) is 9. The third-order valence-corrected chi connectivity index (χ3v) is 6.37. The molecule has 2 aromatic heterocycles. The lowest BCUT2D eigenvalue weighted by Gasteiger charge is -2.15. The smallest absolute Gasteiger partial charge is 0.234 e. The molecule has 0 radical (unpaired) electrons. The number of methoxy groups -OCH3 is 2. The first-order chi connectivity index (χ1) is 20.0. The molecule has 0 unspecified atom stereocenters. The highest BCUT2D eigenvalue weighted by atomic mass is 16.5. The molecule has 11 heteroatoms. The van der Waals surface area contributed by atoms with Gasteiger partial charge in [0.2, 0.25) is 12.3 Å². The summed E-state index contributed by atoms with van der Waals surface area (Å²) in [6.07, 6.45) is 3.49. The molecule has 0 saturated heterocycles. The van der Waals surface area contributed by atoms with Crippen LogP contribution in [-0.2, 0) is 14.3 Å². The Hall–Kier alpha value is -5.03. The van der Waals surface area contributed by atoms with Gasteiger partial charge in [-0.25, -0.2) is 14.6 Å². The number of carbonyl (C=O) groups excluding carboxylic acids is 2. The van der Waals surface area contributed by atoms with E-state index in [0.717, 1.165) is 23.1 Å². The largest absolute Gasteiger partial charge is 0.493 e. The minimum Gasteiger partial charge on any atom is -0.493 e. The maximum Gasteiger partial charge on any atom is 0.234 e. The summed E-state index contributed by atoms with van der Waals surface area (Å²) >= 11 is 0. The van der Waals surface area contributed by atoms with E-state index in [-0.39, 0.29) is 5.91 Å². The van der Waals surface area contributed by atoms with Gasteiger partial charge in [-0.2, -0.15) is 5.10 Å². The summed E-state index contributed by atoms with van der Waals surface area (Å²) in [7, 11) is 3.18. The number of anilines is 3. The van der Waals surface area contributed by atoms with Crippen molar-refractivity contribution < 1.29 is 23.8 Å². The Morgan fingerprint density at radius 1 is 1.00 bits per heavy atom. The van der Waals surface area contributed by atoms with Gasteiger partial charge in [-0.15, -0.1) is 0 Å². The third-order valence-electron chi connectivity index (χ3n) is 6.37. The van der Waals surface area contributed by atoms with Gasteiger partial charge < -0.3 is 24.8 Å². The number of nitrogens with zero attached hydrogens (tertiary/aromatic N) is 4. The number of carbonyl (C=O) groups is 2. The van der Waals surface area contributed by atoms with Crippen molar-refractivity contribution in [1.29, 1.82) is 0 Å². The van der Waals surface area contributed by atoms with E-state index in [4.69, 9.17) is 24.2 Å². The standard InChI is InChI=1S/C30H30N6O5/c1-4-6-28(38)32-21-8-5-7-19(13-21)29-34-24-16-26(40-3)27(41-12-11-39-2)15-23(24)30(35-29)33-22-9-10-25-20(14-22)17-31-36(25)18-37/h5,7-10,13-18H,4,6,11-12H2,1-3H3,(H,32,38)(H,33,34,35). The highest BCUT2D eigenvalue weighted by molar-refractivity contribution is 5.96. The van der Waals surface area contributed by atoms with Crippen LogP contribution >= 0.6 is 0 Å². The predicted molar refractivity (Wildman–Crippen MR) is 158 cm³/mol. The summed E-state index contributed by atoms with van der Waals surface area (Å²) in [5, 5.41) is 11.9. The van der Waals surface area contributed by atoms with Gasteiger partial charge in [-0.1, -0.05) is 19.1 Å². The van der Waals surface area contributed by atoms with Crippen LogP contribution < -0.4 is 20.1 Å². The molecular weight excluding hydrogens is 524 g/mol. The molecule has 0 spiro atoms. The van der Waals surface area contributed by atoms with E-state index in [1.54, 1.807) is 26.5 Å². The Bertz CT molecular complexity index is 1720. The van der Waals surface area contributed by atoms with Crippen LogP contribution in [0, 0.1) is 0 Å². The van der Waals surface area contributed by atoms with Gasteiger partial charge >= 0.3 is 0 Å². The Balaban J connectivity index is 1.60. The monoisotopic (exact) mass is 554 g/mol. The predicted octanol–water partition coefficient (Wildman–Crippen LogP) is 5.20. The van der Waals surface area contributed by atoms with Gasteiger partial charge in [0, 0.05) is 47.3 Å². The molecule has 0 atom stereocenters. The lowest BCUT2D eigenvalue weighted by Crippen LogP contribution is -2.10. The van der Waals surface area contributed by atoms with Crippen molar-refractivity contribution in [2.75, 3.05) is 38.1 Å². The minimum absolute atomic E-state index is 0.0505. The first-order valence-corrected chi connectivity index (χ1v) is 13.1. The SMILES string of the molecule is CCCC(=O)Nc1cccc(-c2nc(Nc3ccc4c(cnn4C=O)c3)c3cc(OCCOC)c(OC)cc3n2)c1. The van der Waals surface area contributed by atoms with E-state index in [0.29, 0.717) is 71.3 Å². The highest BCUT2D eigenvalue weighted by Crippen LogP contribution is 2.37. The van der Waals surface area contributed by atoms with Crippen molar-refractivity contribution in [3.63, 3.8) is 0 Å². The molecule has 0 aliphatic carbocycles. The number of nitrogens with one attached hydrogen (secondary N) is 2. The van der Waals surface area contributed by atoms with Crippen LogP contribution in [0.25, 0.3) is 33.2 Å². The zero-order valence-electron chi connectivity index (χ0n) is 23.0. The molecule has 1 amide bonds. The van der Waals surface area contributed by atoms with E-state index in [9.17, 15) is 9.59 Å². The summed E-state index contributed by atoms with van der Waals surface area (Å²) in [6.45, 7) is 2.72. The quantitative estimate of drug-likeness (QED) is 0.158. The molecule has 2 heterocycles. The van der Waals surface area contributed by atoms with Gasteiger partial charge in [0.15, 0.2) is 17.3 Å². The first kappa shape index (κ1) is 27.5. The van der Waals surface area contributed by atoms with Gasteiger partial charge in [-0.05, 0) is 42.8 Å². The number of ether oxygens (including phenoxy) is 3. The van der Waals surface area contributed by atoms with Crippen LogP contribution in [-0.4, -0.2) is 59.5 Å². The van der Waals surface area contributed by atoms with Gasteiger partial charge in [0.25, 0.3) is 0 Å². The Labute approximate surface area is 236 Å². The molecule has 5 rings (SSSR count). The van der Waals surface area contributed by atoms with E-state index in [1.807, 2.05) is 55.5 Å². The summed E-state index contributed by atoms with van der Waals surface area (Å²) in [5.74, 6) is 1.99. The average molecular weight is 555 g/mol. The summed E-state index contributed by atoms with van der Waals surface area (Å²) in [5.41, 5.74) is 3.46. The first-order valence-electron chi connectivity index (χ1n) is 13.1. The average Bonchev–Trinajstić information content (AvgIpc) is 3.39. The Morgan fingerprint density at radius 3 is 2.66 bits per heavy atom. The summed E-state index contributed by atoms with van der Waals surface area (Å²) in [4.78, 5) is 33.2. The van der Waals surface area contributed by atoms with Crippen molar-refractivity contribution in [2.24, 2.45) is 0 Å². The lowest BCUT2D eigenvalue weighted by atomic mass is 10.1. The van der Waals surface area contributed by atoms with E-state index < -0.39 is 0 Å². The maximum atomic E-state index is 12.2. The number of benzene rings is 3. The number of hydrogen-bond donors (Lipinski definition) is 2. The van der Waals surface area contributed by atoms with E-state index in [2.05, 4.69) is 15.7 Å². The number of fused-ring (bicyclic) bond motifs is 2. The summed E-state index contributed by atoms with van der Waals surface area (Å²) < 4.78 is 17.9. The Kier molecular flexibility index (Phi) is 8.35. The molecule has 210 valence electrons. The van der Waals surface area contributed by atoms with Crippen molar-refractivity contribution >= 4 is 51.3 Å². The van der Waals surface area contributed by atoms with Crippen molar-refractivity contribution in [3.8, 4) is 22.9 Å². The van der Waals surface area contributed by atoms with Crippen molar-refractivity contribution in [1.82, 2.24) is 19.7 Å². The molecule has 5 aromatic rings. The molecule has 0 aliphatic heterocycles. The Morgan fingerprint density at radius 2 is 1.88 bits per heavy atom. The maximum absolute atomic E-state index is 12.2. The van der Waals surface area contributed by atoms with Crippen LogP contribution in [0.4, 0.5) is 17.2 Å². The minimum atomic E-state index is -0.0505. The molecule has 41 heavy (non-hydrogen) atoms. The second-order valence-corrected chi connectivity index (χ2v) is 9.23. The molecule has 3 aromatic carbocycles. The fourth-order valence-corrected chi connectivity index (χ4v) is 4.41. The normalized spacial score (nSPS) is 11.0. The molecule has 2 N–H and O–H groups in total. The zero-order chi connectivity index (χ0) is 28.8. The van der Waals surface area contributed by atoms with Gasteiger partial charge in [0.1, 0.15) is 12.4 Å². The molecule has 0 aliphatic rings. The lowest BCUT2D eigenvalue weighted by molar-refractivity contribution is -0.116. The van der Waals surface area contributed by atoms with Gasteiger partial charge in [-0.3, -0.25) is 9.59 Å². The fraction of sp³-hybridized carbons (Fsp3) is 0.233. The molecule has 0 bridgehead atoms. The zero-order valence-corrected chi connectivity index (χ0v) is 23.0.